The summed E-state index contributed by atoms with van der Waals surface area (Å²) in [5.74, 6) is 0. The van der Waals surface area contributed by atoms with Crippen LogP contribution in [-0.2, 0) is 4.74 Å². The van der Waals surface area contributed by atoms with E-state index in [0.717, 1.165) is 13.2 Å². The minimum atomic E-state index is 0.344. The van der Waals surface area contributed by atoms with Crippen LogP contribution in [0, 0.1) is 6.92 Å². The Morgan fingerprint density at radius 1 is 1.29 bits per heavy atom. The molecule has 1 aromatic carbocycles. The zero-order valence-corrected chi connectivity index (χ0v) is 8.79. The Bertz CT molecular complexity index is 286. The van der Waals surface area contributed by atoms with Gasteiger partial charge in [-0.3, -0.25) is 0 Å². The Labute approximate surface area is 85.3 Å². The van der Waals surface area contributed by atoms with Crippen molar-refractivity contribution in [2.45, 2.75) is 26.0 Å². The average Bonchev–Trinajstić information content (AvgIpc) is 2.21. The van der Waals surface area contributed by atoms with Crippen molar-refractivity contribution in [2.24, 2.45) is 0 Å². The molecule has 0 radical (unpaired) electrons. The zero-order valence-electron chi connectivity index (χ0n) is 8.79. The highest BCUT2D eigenvalue weighted by atomic mass is 16.5. The van der Waals surface area contributed by atoms with Gasteiger partial charge in [-0.15, -0.1) is 0 Å². The third-order valence-corrected chi connectivity index (χ3v) is 2.68. The van der Waals surface area contributed by atoms with Crippen LogP contribution < -0.4 is 5.32 Å². The molecule has 2 unspecified atom stereocenters. The lowest BCUT2D eigenvalue weighted by Crippen LogP contribution is -2.39. The van der Waals surface area contributed by atoms with E-state index in [1.54, 1.807) is 0 Å². The van der Waals surface area contributed by atoms with Gasteiger partial charge in [-0.1, -0.05) is 29.8 Å². The van der Waals surface area contributed by atoms with Gasteiger partial charge >= 0.3 is 0 Å². The number of hydrogen-bond donors (Lipinski definition) is 1. The molecule has 1 N–H and O–H groups in total. The number of rotatable bonds is 1. The van der Waals surface area contributed by atoms with E-state index >= 15 is 0 Å². The van der Waals surface area contributed by atoms with Crippen LogP contribution in [0.25, 0.3) is 0 Å². The summed E-state index contributed by atoms with van der Waals surface area (Å²) < 4.78 is 5.61. The van der Waals surface area contributed by atoms with Crippen LogP contribution in [0.15, 0.2) is 24.3 Å². The molecule has 1 heterocycles. The van der Waals surface area contributed by atoms with E-state index < -0.39 is 0 Å². The first-order valence-corrected chi connectivity index (χ1v) is 5.17. The van der Waals surface area contributed by atoms with E-state index in [4.69, 9.17) is 4.74 Å². The lowest BCUT2D eigenvalue weighted by atomic mass is 10.0. The molecule has 2 rings (SSSR count). The Kier molecular flexibility index (Phi) is 2.85. The van der Waals surface area contributed by atoms with Crippen LogP contribution >= 0.6 is 0 Å². The molecule has 1 aliphatic heterocycles. The molecule has 0 spiro atoms. The maximum atomic E-state index is 5.61. The van der Waals surface area contributed by atoms with Gasteiger partial charge < -0.3 is 10.1 Å². The third kappa shape index (κ3) is 2.14. The van der Waals surface area contributed by atoms with Gasteiger partial charge in [-0.05, 0) is 19.4 Å². The standard InChI is InChI=1S/C12H17NO/c1-9-3-5-11(6-4-9)12-8-14-10(2)7-13-12/h3-6,10,12-13H,7-8H2,1-2H3. The average molecular weight is 191 g/mol. The van der Waals surface area contributed by atoms with Crippen molar-refractivity contribution in [3.05, 3.63) is 35.4 Å². The summed E-state index contributed by atoms with van der Waals surface area (Å²) in [6, 6.07) is 9.01. The van der Waals surface area contributed by atoms with E-state index in [9.17, 15) is 0 Å². The van der Waals surface area contributed by atoms with Crippen molar-refractivity contribution in [2.75, 3.05) is 13.2 Å². The summed E-state index contributed by atoms with van der Waals surface area (Å²) in [5.41, 5.74) is 2.63. The summed E-state index contributed by atoms with van der Waals surface area (Å²) in [6.07, 6.45) is 0.344. The molecule has 2 atom stereocenters. The molecule has 2 heteroatoms. The van der Waals surface area contributed by atoms with Crippen LogP contribution in [0.4, 0.5) is 0 Å². The minimum absolute atomic E-state index is 0.344. The number of aryl methyl sites for hydroxylation is 1. The Morgan fingerprint density at radius 3 is 2.57 bits per heavy atom. The van der Waals surface area contributed by atoms with Gasteiger partial charge in [0.1, 0.15) is 0 Å². The topological polar surface area (TPSA) is 21.3 Å². The fraction of sp³-hybridized carbons (Fsp3) is 0.500. The molecule has 0 aromatic heterocycles. The lowest BCUT2D eigenvalue weighted by Gasteiger charge is -2.28. The van der Waals surface area contributed by atoms with Crippen molar-refractivity contribution in [3.63, 3.8) is 0 Å². The van der Waals surface area contributed by atoms with Crippen LogP contribution in [0.1, 0.15) is 24.1 Å². The van der Waals surface area contributed by atoms with E-state index in [0.29, 0.717) is 12.1 Å². The highest BCUT2D eigenvalue weighted by molar-refractivity contribution is 5.24. The molecule has 0 amide bonds. The summed E-state index contributed by atoms with van der Waals surface area (Å²) >= 11 is 0. The summed E-state index contributed by atoms with van der Waals surface area (Å²) in [4.78, 5) is 0. The van der Waals surface area contributed by atoms with Crippen molar-refractivity contribution >= 4 is 0 Å². The van der Waals surface area contributed by atoms with Gasteiger partial charge in [0.25, 0.3) is 0 Å². The van der Waals surface area contributed by atoms with E-state index in [2.05, 4.69) is 43.4 Å². The summed E-state index contributed by atoms with van der Waals surface area (Å²) in [6.45, 7) is 5.93. The highest BCUT2D eigenvalue weighted by Crippen LogP contribution is 2.17. The Morgan fingerprint density at radius 2 is 2.00 bits per heavy atom. The number of hydrogen-bond acceptors (Lipinski definition) is 2. The highest BCUT2D eigenvalue weighted by Gasteiger charge is 2.18. The molecule has 1 aromatic rings. The fourth-order valence-corrected chi connectivity index (χ4v) is 1.70. The predicted octanol–water partition coefficient (Wildman–Crippen LogP) is 2.04. The van der Waals surface area contributed by atoms with Crippen LogP contribution in [0.3, 0.4) is 0 Å². The molecular weight excluding hydrogens is 174 g/mol. The zero-order chi connectivity index (χ0) is 9.97. The molecule has 1 aliphatic rings. The number of morpholine rings is 1. The summed E-state index contributed by atoms with van der Waals surface area (Å²) in [7, 11) is 0. The maximum absolute atomic E-state index is 5.61. The SMILES string of the molecule is Cc1ccc(C2COC(C)CN2)cc1. The molecule has 14 heavy (non-hydrogen) atoms. The van der Waals surface area contributed by atoms with Crippen LogP contribution in [-0.4, -0.2) is 19.3 Å². The minimum Gasteiger partial charge on any atom is -0.375 e. The van der Waals surface area contributed by atoms with Crippen LogP contribution in [0.2, 0.25) is 0 Å². The number of nitrogens with one attached hydrogen (secondary N) is 1. The summed E-state index contributed by atoms with van der Waals surface area (Å²) in [5, 5.41) is 3.48. The van der Waals surface area contributed by atoms with E-state index in [1.807, 2.05) is 0 Å². The number of ether oxygens (including phenoxy) is 1. The normalized spacial score (nSPS) is 27.6. The molecule has 0 aliphatic carbocycles. The van der Waals surface area contributed by atoms with Gasteiger partial charge in [0.15, 0.2) is 0 Å². The quantitative estimate of drug-likeness (QED) is 0.733. The first kappa shape index (κ1) is 9.69. The maximum Gasteiger partial charge on any atom is 0.0672 e. The second-order valence-electron chi connectivity index (χ2n) is 4.02. The van der Waals surface area contributed by atoms with Gasteiger partial charge in [0.05, 0.1) is 18.8 Å². The van der Waals surface area contributed by atoms with Crippen molar-refractivity contribution in [1.82, 2.24) is 5.32 Å². The fourth-order valence-electron chi connectivity index (χ4n) is 1.70. The Hall–Kier alpha value is -0.860. The van der Waals surface area contributed by atoms with Crippen molar-refractivity contribution in [3.8, 4) is 0 Å². The monoisotopic (exact) mass is 191 g/mol. The first-order chi connectivity index (χ1) is 6.75. The number of benzene rings is 1. The molecular formula is C12H17NO. The predicted molar refractivity (Wildman–Crippen MR) is 57.3 cm³/mol. The molecule has 0 saturated carbocycles. The lowest BCUT2D eigenvalue weighted by molar-refractivity contribution is 0.0149. The molecule has 2 nitrogen and oxygen atoms in total. The smallest absolute Gasteiger partial charge is 0.0672 e. The van der Waals surface area contributed by atoms with Gasteiger partial charge in [0.2, 0.25) is 0 Å². The first-order valence-electron chi connectivity index (χ1n) is 5.17. The largest absolute Gasteiger partial charge is 0.375 e. The van der Waals surface area contributed by atoms with Crippen LogP contribution in [0.5, 0.6) is 0 Å². The van der Waals surface area contributed by atoms with Gasteiger partial charge in [-0.2, -0.15) is 0 Å². The van der Waals surface area contributed by atoms with Crippen molar-refractivity contribution in [1.29, 1.82) is 0 Å². The molecule has 1 fully saturated rings. The second kappa shape index (κ2) is 4.11. The molecule has 1 saturated heterocycles. The molecule has 0 bridgehead atoms. The second-order valence-corrected chi connectivity index (χ2v) is 4.02. The third-order valence-electron chi connectivity index (χ3n) is 2.68. The van der Waals surface area contributed by atoms with Gasteiger partial charge in [-0.25, -0.2) is 0 Å². The van der Waals surface area contributed by atoms with E-state index in [1.165, 1.54) is 11.1 Å². The Balaban J connectivity index is 2.05. The van der Waals surface area contributed by atoms with Crippen molar-refractivity contribution < 1.29 is 4.74 Å². The van der Waals surface area contributed by atoms with E-state index in [-0.39, 0.29) is 0 Å². The van der Waals surface area contributed by atoms with Gasteiger partial charge in [0, 0.05) is 6.54 Å². The molecule has 76 valence electrons.